The number of rotatable bonds is 6. The van der Waals surface area contributed by atoms with Crippen LogP contribution in [0.4, 0.5) is 11.4 Å². The van der Waals surface area contributed by atoms with Gasteiger partial charge >= 0.3 is 0 Å². The van der Waals surface area contributed by atoms with Crippen LogP contribution in [0.3, 0.4) is 0 Å². The molecule has 0 aliphatic carbocycles. The number of piperidine rings is 1. The highest BCUT2D eigenvalue weighted by molar-refractivity contribution is 7.89. The minimum Gasteiger partial charge on any atom is -0.495 e. The number of carbonyl (C=O) groups excluding carboxylic acids is 2. The molecule has 2 aliphatic heterocycles. The number of amides is 2. The first kappa shape index (κ1) is 22.3. The van der Waals surface area contributed by atoms with E-state index in [1.165, 1.54) is 16.4 Å². The number of sulfonamides is 1. The van der Waals surface area contributed by atoms with Crippen molar-refractivity contribution in [2.75, 3.05) is 37.0 Å². The normalized spacial score (nSPS) is 19.7. The van der Waals surface area contributed by atoms with Gasteiger partial charge in [0.2, 0.25) is 21.8 Å². The van der Waals surface area contributed by atoms with Crippen molar-refractivity contribution >= 4 is 33.2 Å². The lowest BCUT2D eigenvalue weighted by Crippen LogP contribution is -2.35. The molecule has 1 N–H and O–H groups in total. The zero-order chi connectivity index (χ0) is 22.7. The Bertz CT molecular complexity index is 1090. The van der Waals surface area contributed by atoms with E-state index >= 15 is 0 Å². The van der Waals surface area contributed by atoms with Gasteiger partial charge in [-0.2, -0.15) is 4.31 Å². The molecule has 0 bridgehead atoms. The summed E-state index contributed by atoms with van der Waals surface area (Å²) in [5.41, 5.74) is 1.14. The van der Waals surface area contributed by atoms with Crippen molar-refractivity contribution in [2.45, 2.75) is 30.6 Å². The van der Waals surface area contributed by atoms with Gasteiger partial charge in [0.1, 0.15) is 5.75 Å². The summed E-state index contributed by atoms with van der Waals surface area (Å²) in [5, 5.41) is 2.81. The molecule has 2 saturated heterocycles. The molecule has 2 heterocycles. The molecule has 2 aromatic rings. The molecule has 0 aromatic heterocycles. The monoisotopic (exact) mass is 457 g/mol. The summed E-state index contributed by atoms with van der Waals surface area (Å²) in [5.74, 6) is -0.350. The number of nitrogens with zero attached hydrogens (tertiary/aromatic N) is 2. The molecule has 2 fully saturated rings. The zero-order valence-corrected chi connectivity index (χ0v) is 18.8. The zero-order valence-electron chi connectivity index (χ0n) is 18.0. The van der Waals surface area contributed by atoms with Gasteiger partial charge in [-0.05, 0) is 49.2 Å². The lowest BCUT2D eigenvalue weighted by Gasteiger charge is -2.25. The molecule has 1 atom stereocenters. The summed E-state index contributed by atoms with van der Waals surface area (Å²) in [6.07, 6.45) is 2.90. The second kappa shape index (κ2) is 9.30. The first-order valence-corrected chi connectivity index (χ1v) is 12.2. The van der Waals surface area contributed by atoms with Crippen molar-refractivity contribution in [3.63, 3.8) is 0 Å². The van der Waals surface area contributed by atoms with Crippen LogP contribution in [0.5, 0.6) is 5.75 Å². The second-order valence-corrected chi connectivity index (χ2v) is 9.99. The van der Waals surface area contributed by atoms with Crippen LogP contribution in [-0.4, -0.2) is 51.3 Å². The Hall–Kier alpha value is -2.91. The summed E-state index contributed by atoms with van der Waals surface area (Å²) in [4.78, 5) is 27.1. The molecule has 0 unspecified atom stereocenters. The molecule has 8 nitrogen and oxygen atoms in total. The number of nitrogens with one attached hydrogen (secondary N) is 1. The molecule has 9 heteroatoms. The van der Waals surface area contributed by atoms with E-state index < -0.39 is 15.9 Å². The van der Waals surface area contributed by atoms with Crippen molar-refractivity contribution in [1.29, 1.82) is 0 Å². The number of hydrogen-bond acceptors (Lipinski definition) is 5. The topological polar surface area (TPSA) is 96.0 Å². The van der Waals surface area contributed by atoms with Gasteiger partial charge in [0.05, 0.1) is 23.6 Å². The van der Waals surface area contributed by atoms with Gasteiger partial charge in [-0.1, -0.05) is 18.6 Å². The molecule has 2 aliphatic rings. The van der Waals surface area contributed by atoms with Crippen LogP contribution in [0.1, 0.15) is 25.7 Å². The van der Waals surface area contributed by atoms with Crippen molar-refractivity contribution in [3.05, 3.63) is 48.5 Å². The molecule has 0 radical (unpaired) electrons. The largest absolute Gasteiger partial charge is 0.495 e. The molecular formula is C23H27N3O5S. The SMILES string of the molecule is COc1ccccc1N1C[C@@H](C(=O)Nc2ccc(S(=O)(=O)N3CCCCC3)cc2)CC1=O. The van der Waals surface area contributed by atoms with Gasteiger partial charge in [0.15, 0.2) is 0 Å². The van der Waals surface area contributed by atoms with Crippen LogP contribution < -0.4 is 15.0 Å². The molecule has 4 rings (SSSR count). The maximum atomic E-state index is 12.8. The summed E-state index contributed by atoms with van der Waals surface area (Å²) in [6.45, 7) is 1.34. The van der Waals surface area contributed by atoms with E-state index in [0.717, 1.165) is 19.3 Å². The number of anilines is 2. The first-order chi connectivity index (χ1) is 15.4. The van der Waals surface area contributed by atoms with E-state index in [-0.39, 0.29) is 29.7 Å². The van der Waals surface area contributed by atoms with Crippen molar-refractivity contribution in [1.82, 2.24) is 4.31 Å². The van der Waals surface area contributed by atoms with E-state index in [2.05, 4.69) is 5.32 Å². The van der Waals surface area contributed by atoms with Gasteiger partial charge in [-0.25, -0.2) is 8.42 Å². The Morgan fingerprint density at radius 1 is 1.03 bits per heavy atom. The molecule has 32 heavy (non-hydrogen) atoms. The van der Waals surface area contributed by atoms with Crippen LogP contribution in [-0.2, 0) is 19.6 Å². The fourth-order valence-corrected chi connectivity index (χ4v) is 5.69. The summed E-state index contributed by atoms with van der Waals surface area (Å²) >= 11 is 0. The Balaban J connectivity index is 1.41. The number of para-hydroxylation sites is 2. The Kier molecular flexibility index (Phi) is 6.48. The maximum Gasteiger partial charge on any atom is 0.243 e. The van der Waals surface area contributed by atoms with Gasteiger partial charge in [0, 0.05) is 31.7 Å². The summed E-state index contributed by atoms with van der Waals surface area (Å²) < 4.78 is 32.4. The van der Waals surface area contributed by atoms with E-state index in [0.29, 0.717) is 30.2 Å². The van der Waals surface area contributed by atoms with Crippen molar-refractivity contribution in [3.8, 4) is 5.75 Å². The predicted molar refractivity (Wildman–Crippen MR) is 121 cm³/mol. The van der Waals surface area contributed by atoms with Gasteiger partial charge in [-0.15, -0.1) is 0 Å². The average molecular weight is 458 g/mol. The molecule has 0 saturated carbocycles. The fraction of sp³-hybridized carbons (Fsp3) is 0.391. The first-order valence-electron chi connectivity index (χ1n) is 10.7. The Morgan fingerprint density at radius 2 is 1.72 bits per heavy atom. The fourth-order valence-electron chi connectivity index (χ4n) is 4.18. The third kappa shape index (κ3) is 4.49. The van der Waals surface area contributed by atoms with Gasteiger partial charge in [-0.3, -0.25) is 9.59 Å². The van der Waals surface area contributed by atoms with Crippen LogP contribution in [0.25, 0.3) is 0 Å². The van der Waals surface area contributed by atoms with Gasteiger partial charge in [0.25, 0.3) is 0 Å². The van der Waals surface area contributed by atoms with E-state index in [9.17, 15) is 18.0 Å². The third-order valence-electron chi connectivity index (χ3n) is 5.95. The number of ether oxygens (including phenoxy) is 1. The predicted octanol–water partition coefficient (Wildman–Crippen LogP) is 2.86. The Morgan fingerprint density at radius 3 is 2.41 bits per heavy atom. The van der Waals surface area contributed by atoms with Crippen molar-refractivity contribution in [2.24, 2.45) is 5.92 Å². The second-order valence-electron chi connectivity index (χ2n) is 8.06. The van der Waals surface area contributed by atoms with Gasteiger partial charge < -0.3 is 15.0 Å². The number of benzene rings is 2. The highest BCUT2D eigenvalue weighted by Crippen LogP contribution is 2.33. The smallest absolute Gasteiger partial charge is 0.243 e. The standard InChI is InChI=1S/C23H27N3O5S/c1-31-21-8-4-3-7-20(21)26-16-17(15-22(26)27)23(28)24-18-9-11-19(12-10-18)32(29,30)25-13-5-2-6-14-25/h3-4,7-12,17H,2,5-6,13-16H2,1H3,(H,24,28)/t17-/m0/s1. The number of carbonyl (C=O) groups is 2. The number of hydrogen-bond donors (Lipinski definition) is 1. The molecule has 0 spiro atoms. The summed E-state index contributed by atoms with van der Waals surface area (Å²) in [7, 11) is -1.98. The quantitative estimate of drug-likeness (QED) is 0.720. The summed E-state index contributed by atoms with van der Waals surface area (Å²) in [6, 6.07) is 13.4. The lowest BCUT2D eigenvalue weighted by atomic mass is 10.1. The van der Waals surface area contributed by atoms with Crippen LogP contribution in [0.15, 0.2) is 53.4 Å². The molecule has 2 aromatic carbocycles. The average Bonchev–Trinajstić information content (AvgIpc) is 3.21. The third-order valence-corrected chi connectivity index (χ3v) is 7.86. The highest BCUT2D eigenvalue weighted by atomic mass is 32.2. The van der Waals surface area contributed by atoms with E-state index in [1.807, 2.05) is 12.1 Å². The minimum absolute atomic E-state index is 0.102. The van der Waals surface area contributed by atoms with Crippen LogP contribution >= 0.6 is 0 Å². The van der Waals surface area contributed by atoms with E-state index in [4.69, 9.17) is 4.74 Å². The molecule has 170 valence electrons. The molecular weight excluding hydrogens is 430 g/mol. The molecule has 2 amide bonds. The van der Waals surface area contributed by atoms with Crippen LogP contribution in [0.2, 0.25) is 0 Å². The van der Waals surface area contributed by atoms with Crippen LogP contribution in [0, 0.1) is 5.92 Å². The minimum atomic E-state index is -3.52. The van der Waals surface area contributed by atoms with E-state index in [1.54, 1.807) is 36.3 Å². The maximum absolute atomic E-state index is 12.8. The van der Waals surface area contributed by atoms with Crippen molar-refractivity contribution < 1.29 is 22.7 Å². The highest BCUT2D eigenvalue weighted by Gasteiger charge is 2.36. The number of methoxy groups -OCH3 is 1. The Labute approximate surface area is 188 Å². The lowest BCUT2D eigenvalue weighted by molar-refractivity contribution is -0.122.